The minimum absolute atomic E-state index is 0.120. The van der Waals surface area contributed by atoms with Crippen molar-refractivity contribution >= 4 is 17.0 Å². The molecule has 0 aliphatic rings. The fraction of sp³-hybridized carbons (Fsp3) is 0.167. The Morgan fingerprint density at radius 1 is 1.12 bits per heavy atom. The van der Waals surface area contributed by atoms with Gasteiger partial charge in [0, 0.05) is 34.9 Å². The monoisotopic (exact) mass is 340 g/mol. The maximum atomic E-state index is 5.45. The van der Waals surface area contributed by atoms with Crippen LogP contribution in [-0.4, -0.2) is 9.97 Å². The minimum atomic E-state index is 0.120. The molecule has 0 aliphatic carbocycles. The Morgan fingerprint density at radius 2 is 1.88 bits per heavy atom. The molecule has 2 heterocycles. The van der Waals surface area contributed by atoms with E-state index < -0.39 is 0 Å². The van der Waals surface area contributed by atoms with Crippen molar-refractivity contribution in [3.63, 3.8) is 0 Å². The molecule has 1 aromatic carbocycles. The standard InChI is InChI=1S/C24H24N2/c1-5-8-12-19-17(4)25-15-21(19)24(18(7-3)11-6-2)22-16-26-23-14-10-9-13-20(22)23/h1,6-16,24-26H,2-4H3/b11-6-,12-8-,18-7+. The van der Waals surface area contributed by atoms with E-state index in [2.05, 4.69) is 91.5 Å². The van der Waals surface area contributed by atoms with Gasteiger partial charge in [0.2, 0.25) is 0 Å². The molecule has 0 bridgehead atoms. The number of aromatic nitrogens is 2. The molecule has 1 unspecified atom stereocenters. The molecule has 0 aliphatic heterocycles. The number of para-hydroxylation sites is 1. The zero-order valence-electron chi connectivity index (χ0n) is 15.5. The van der Waals surface area contributed by atoms with Gasteiger partial charge in [0.05, 0.1) is 0 Å². The summed E-state index contributed by atoms with van der Waals surface area (Å²) in [6.45, 7) is 6.22. The van der Waals surface area contributed by atoms with Crippen LogP contribution in [0.1, 0.15) is 42.1 Å². The zero-order valence-corrected chi connectivity index (χ0v) is 15.5. The predicted octanol–water partition coefficient (Wildman–Crippen LogP) is 6.11. The van der Waals surface area contributed by atoms with Gasteiger partial charge in [-0.25, -0.2) is 0 Å². The number of nitrogens with one attached hydrogen (secondary N) is 2. The molecule has 1 atom stereocenters. The second kappa shape index (κ2) is 7.80. The molecule has 0 saturated carbocycles. The molecule has 2 nitrogen and oxygen atoms in total. The number of terminal acetylenes is 1. The highest BCUT2D eigenvalue weighted by molar-refractivity contribution is 5.85. The lowest BCUT2D eigenvalue weighted by Crippen LogP contribution is -2.04. The molecular formula is C24H24N2. The SMILES string of the molecule is C#C/C=C\c1c(C(C(/C=C\C)=C/C)c2c[nH]c3ccccc23)c[nH]c1C. The molecule has 0 saturated heterocycles. The Balaban J connectivity index is 2.27. The van der Waals surface area contributed by atoms with Gasteiger partial charge in [0.15, 0.2) is 0 Å². The second-order valence-electron chi connectivity index (χ2n) is 6.29. The number of aromatic amines is 2. The van der Waals surface area contributed by atoms with Crippen LogP contribution in [0.15, 0.2) is 66.5 Å². The molecule has 3 rings (SSSR count). The van der Waals surface area contributed by atoms with Gasteiger partial charge < -0.3 is 9.97 Å². The van der Waals surface area contributed by atoms with E-state index in [1.165, 1.54) is 22.1 Å². The van der Waals surface area contributed by atoms with E-state index in [9.17, 15) is 0 Å². The van der Waals surface area contributed by atoms with Crippen LogP contribution in [0.3, 0.4) is 0 Å². The van der Waals surface area contributed by atoms with Crippen LogP contribution in [0.5, 0.6) is 0 Å². The van der Waals surface area contributed by atoms with E-state index in [0.29, 0.717) is 0 Å². The maximum absolute atomic E-state index is 5.45. The Morgan fingerprint density at radius 3 is 2.62 bits per heavy atom. The lowest BCUT2D eigenvalue weighted by atomic mass is 9.83. The number of H-pyrrole nitrogens is 2. The smallest absolute Gasteiger partial charge is 0.0457 e. The van der Waals surface area contributed by atoms with Gasteiger partial charge in [-0.15, -0.1) is 6.42 Å². The first-order chi connectivity index (χ1) is 12.7. The summed E-state index contributed by atoms with van der Waals surface area (Å²) in [6, 6.07) is 8.43. The average Bonchev–Trinajstić information content (AvgIpc) is 3.24. The van der Waals surface area contributed by atoms with Crippen molar-refractivity contribution < 1.29 is 0 Å². The van der Waals surface area contributed by atoms with Crippen LogP contribution < -0.4 is 0 Å². The Labute approximate surface area is 155 Å². The first kappa shape index (κ1) is 17.6. The number of rotatable bonds is 5. The summed E-state index contributed by atoms with van der Waals surface area (Å²) in [5, 5.41) is 1.24. The van der Waals surface area contributed by atoms with Crippen molar-refractivity contribution in [3.05, 3.63) is 88.9 Å². The zero-order chi connectivity index (χ0) is 18.5. The van der Waals surface area contributed by atoms with E-state index in [0.717, 1.165) is 16.8 Å². The third-order valence-electron chi connectivity index (χ3n) is 4.77. The second-order valence-corrected chi connectivity index (χ2v) is 6.29. The van der Waals surface area contributed by atoms with Crippen LogP contribution in [-0.2, 0) is 0 Å². The van der Waals surface area contributed by atoms with Gasteiger partial charge in [0.25, 0.3) is 0 Å². The number of aryl methyl sites for hydroxylation is 1. The predicted molar refractivity (Wildman–Crippen MR) is 112 cm³/mol. The van der Waals surface area contributed by atoms with E-state index in [-0.39, 0.29) is 5.92 Å². The molecule has 0 spiro atoms. The summed E-state index contributed by atoms with van der Waals surface area (Å²) < 4.78 is 0. The Hall–Kier alpha value is -3.18. The summed E-state index contributed by atoms with van der Waals surface area (Å²) in [7, 11) is 0. The van der Waals surface area contributed by atoms with E-state index >= 15 is 0 Å². The molecule has 2 N–H and O–H groups in total. The van der Waals surface area contributed by atoms with Crippen LogP contribution in [0.4, 0.5) is 0 Å². The first-order valence-corrected chi connectivity index (χ1v) is 8.86. The van der Waals surface area contributed by atoms with Crippen LogP contribution >= 0.6 is 0 Å². The fourth-order valence-corrected chi connectivity index (χ4v) is 3.56. The highest BCUT2D eigenvalue weighted by Crippen LogP contribution is 2.39. The highest BCUT2D eigenvalue weighted by atomic mass is 14.7. The van der Waals surface area contributed by atoms with Gasteiger partial charge in [0.1, 0.15) is 0 Å². The van der Waals surface area contributed by atoms with Crippen LogP contribution in [0.2, 0.25) is 0 Å². The molecule has 2 heteroatoms. The third kappa shape index (κ3) is 3.17. The quantitative estimate of drug-likeness (QED) is 0.415. The van der Waals surface area contributed by atoms with Crippen molar-refractivity contribution in [3.8, 4) is 12.3 Å². The van der Waals surface area contributed by atoms with Crippen molar-refractivity contribution in [1.82, 2.24) is 9.97 Å². The van der Waals surface area contributed by atoms with Gasteiger partial charge in [-0.05, 0) is 61.3 Å². The maximum Gasteiger partial charge on any atom is 0.0457 e. The molecule has 0 fully saturated rings. The van der Waals surface area contributed by atoms with Gasteiger partial charge >= 0.3 is 0 Å². The minimum Gasteiger partial charge on any atom is -0.364 e. The average molecular weight is 340 g/mol. The van der Waals surface area contributed by atoms with Crippen LogP contribution in [0.25, 0.3) is 17.0 Å². The third-order valence-corrected chi connectivity index (χ3v) is 4.77. The molecule has 2 aromatic heterocycles. The van der Waals surface area contributed by atoms with Crippen molar-refractivity contribution in [2.75, 3.05) is 0 Å². The molecule has 0 amide bonds. The summed E-state index contributed by atoms with van der Waals surface area (Å²) in [4.78, 5) is 6.79. The lowest BCUT2D eigenvalue weighted by Gasteiger charge is -2.19. The first-order valence-electron chi connectivity index (χ1n) is 8.86. The van der Waals surface area contributed by atoms with E-state index in [1.807, 2.05) is 6.08 Å². The normalized spacial score (nSPS) is 13.7. The van der Waals surface area contributed by atoms with Crippen molar-refractivity contribution in [2.24, 2.45) is 0 Å². The molecule has 26 heavy (non-hydrogen) atoms. The topological polar surface area (TPSA) is 31.6 Å². The largest absolute Gasteiger partial charge is 0.364 e. The van der Waals surface area contributed by atoms with Crippen LogP contribution in [0, 0.1) is 19.3 Å². The van der Waals surface area contributed by atoms with Crippen molar-refractivity contribution in [1.29, 1.82) is 0 Å². The van der Waals surface area contributed by atoms with Gasteiger partial charge in [-0.2, -0.15) is 0 Å². The van der Waals surface area contributed by atoms with Gasteiger partial charge in [-0.3, -0.25) is 0 Å². The summed E-state index contributed by atoms with van der Waals surface area (Å²) in [5.74, 6) is 2.72. The number of hydrogen-bond acceptors (Lipinski definition) is 0. The number of hydrogen-bond donors (Lipinski definition) is 2. The summed E-state index contributed by atoms with van der Waals surface area (Å²) in [5.41, 5.74) is 7.17. The summed E-state index contributed by atoms with van der Waals surface area (Å²) in [6.07, 6.45) is 19.9. The Kier molecular flexibility index (Phi) is 5.29. The molecule has 130 valence electrons. The van der Waals surface area contributed by atoms with Crippen molar-refractivity contribution in [2.45, 2.75) is 26.7 Å². The summed E-state index contributed by atoms with van der Waals surface area (Å²) >= 11 is 0. The van der Waals surface area contributed by atoms with E-state index in [1.54, 1.807) is 6.08 Å². The van der Waals surface area contributed by atoms with Gasteiger partial charge in [-0.1, -0.05) is 42.3 Å². The highest BCUT2D eigenvalue weighted by Gasteiger charge is 2.24. The molecule has 3 aromatic rings. The van der Waals surface area contributed by atoms with E-state index in [4.69, 9.17) is 6.42 Å². The number of benzene rings is 1. The lowest BCUT2D eigenvalue weighted by molar-refractivity contribution is 0.982. The number of allylic oxidation sites excluding steroid dienone is 5. The number of fused-ring (bicyclic) bond motifs is 1. The molecule has 0 radical (unpaired) electrons. The fourth-order valence-electron chi connectivity index (χ4n) is 3.56. The Bertz CT molecular complexity index is 1030. The molecular weight excluding hydrogens is 316 g/mol.